The van der Waals surface area contributed by atoms with E-state index >= 15 is 0 Å². The van der Waals surface area contributed by atoms with Crippen molar-refractivity contribution in [2.75, 3.05) is 19.6 Å². The van der Waals surface area contributed by atoms with Gasteiger partial charge in [-0.1, -0.05) is 38.2 Å². The third-order valence-electron chi connectivity index (χ3n) is 9.70. The molecule has 3 saturated carbocycles. The van der Waals surface area contributed by atoms with Crippen LogP contribution >= 0.6 is 0 Å². The highest BCUT2D eigenvalue weighted by molar-refractivity contribution is 5.38. The molecule has 0 aromatic rings. The quantitative estimate of drug-likeness (QED) is 0.464. The number of nitrogens with zero attached hydrogens (tertiary/aromatic N) is 1. The first-order valence-electron chi connectivity index (χ1n) is 13.6. The largest absolute Gasteiger partial charge is 0.393 e. The number of fused-ring (bicyclic) bond motifs is 1. The third-order valence-corrected chi connectivity index (χ3v) is 9.70. The second kappa shape index (κ2) is 10.9. The molecule has 192 valence electrons. The fraction of sp³-hybridized carbons (Fsp3) is 0.793. The van der Waals surface area contributed by atoms with Gasteiger partial charge >= 0.3 is 0 Å². The van der Waals surface area contributed by atoms with Crippen molar-refractivity contribution in [3.8, 4) is 0 Å². The number of rotatable bonds is 7. The molecule has 2 N–H and O–H groups in total. The van der Waals surface area contributed by atoms with Gasteiger partial charge in [0.2, 0.25) is 6.43 Å². The summed E-state index contributed by atoms with van der Waals surface area (Å²) in [6.07, 6.45) is 10.0. The van der Waals surface area contributed by atoms with Crippen LogP contribution in [0.4, 0.5) is 8.78 Å². The smallest absolute Gasteiger partial charge is 0.238 e. The van der Waals surface area contributed by atoms with Crippen LogP contribution < -0.4 is 0 Å². The minimum Gasteiger partial charge on any atom is -0.393 e. The minimum absolute atomic E-state index is 0.0486. The summed E-state index contributed by atoms with van der Waals surface area (Å²) in [4.78, 5) is 2.53. The highest BCUT2D eigenvalue weighted by atomic mass is 19.3. The van der Waals surface area contributed by atoms with E-state index in [0.29, 0.717) is 48.3 Å². The summed E-state index contributed by atoms with van der Waals surface area (Å²) in [6.45, 7) is 12.1. The van der Waals surface area contributed by atoms with E-state index in [1.54, 1.807) is 0 Å². The van der Waals surface area contributed by atoms with Crippen molar-refractivity contribution in [3.63, 3.8) is 0 Å². The fourth-order valence-corrected chi connectivity index (χ4v) is 7.89. The molecule has 0 bridgehead atoms. The van der Waals surface area contributed by atoms with Gasteiger partial charge in [-0.3, -0.25) is 0 Å². The maximum atomic E-state index is 12.6. The molecule has 0 aromatic heterocycles. The number of halogens is 2. The van der Waals surface area contributed by atoms with Crippen LogP contribution in [0.15, 0.2) is 35.5 Å². The Hall–Kier alpha value is -1.04. The number of allylic oxidation sites excluding steroid dienone is 3. The van der Waals surface area contributed by atoms with E-state index in [-0.39, 0.29) is 6.42 Å². The SMILES string of the molecule is C=C1/C(=C\C=C2/CCC[C@]3(C)[C@@H]([C@H](C)CN4CC[C@H](CCC(F)F)C4)CC[C@@H]23)CC(O)CC1O. The van der Waals surface area contributed by atoms with Gasteiger partial charge in [0.25, 0.3) is 0 Å². The zero-order valence-corrected chi connectivity index (χ0v) is 21.2. The van der Waals surface area contributed by atoms with E-state index in [1.165, 1.54) is 31.3 Å². The van der Waals surface area contributed by atoms with Gasteiger partial charge in [-0.2, -0.15) is 0 Å². The summed E-state index contributed by atoms with van der Waals surface area (Å²) in [5, 5.41) is 20.3. The van der Waals surface area contributed by atoms with Crippen molar-refractivity contribution < 1.29 is 19.0 Å². The van der Waals surface area contributed by atoms with Crippen LogP contribution in [0.5, 0.6) is 0 Å². The van der Waals surface area contributed by atoms with E-state index in [0.717, 1.165) is 43.6 Å². The normalized spacial score (nSPS) is 40.4. The van der Waals surface area contributed by atoms with Gasteiger partial charge in [0.15, 0.2) is 0 Å². The summed E-state index contributed by atoms with van der Waals surface area (Å²) in [5.41, 5.74) is 3.60. The average molecular weight is 478 g/mol. The molecule has 5 heteroatoms. The molecule has 3 aliphatic carbocycles. The van der Waals surface area contributed by atoms with Crippen molar-refractivity contribution in [1.82, 2.24) is 4.90 Å². The Morgan fingerprint density at radius 3 is 2.76 bits per heavy atom. The molecule has 1 heterocycles. The Kier molecular flexibility index (Phi) is 8.36. The molecule has 1 aliphatic heterocycles. The van der Waals surface area contributed by atoms with Crippen molar-refractivity contribution in [1.29, 1.82) is 0 Å². The molecule has 4 rings (SSSR count). The molecule has 0 radical (unpaired) electrons. The number of hydrogen-bond acceptors (Lipinski definition) is 3. The first-order chi connectivity index (χ1) is 16.2. The Bertz CT molecular complexity index is 793. The van der Waals surface area contributed by atoms with Crippen molar-refractivity contribution >= 4 is 0 Å². The zero-order valence-electron chi connectivity index (χ0n) is 21.2. The van der Waals surface area contributed by atoms with Crippen LogP contribution in [-0.2, 0) is 0 Å². The Morgan fingerprint density at radius 2 is 2.00 bits per heavy atom. The summed E-state index contributed by atoms with van der Waals surface area (Å²) in [5.74, 6) is 2.36. The Morgan fingerprint density at radius 1 is 1.21 bits per heavy atom. The third kappa shape index (κ3) is 5.68. The first-order valence-corrected chi connectivity index (χ1v) is 13.6. The number of alkyl halides is 2. The first kappa shape index (κ1) is 26.0. The van der Waals surface area contributed by atoms with Crippen molar-refractivity contribution in [3.05, 3.63) is 35.5 Å². The Balaban J connectivity index is 1.39. The molecule has 0 spiro atoms. The number of likely N-dealkylation sites (tertiary alicyclic amines) is 1. The fourth-order valence-electron chi connectivity index (χ4n) is 7.89. The molecule has 4 aliphatic rings. The van der Waals surface area contributed by atoms with Gasteiger partial charge in [-0.05, 0) is 98.1 Å². The molecule has 7 atom stereocenters. The van der Waals surface area contributed by atoms with Gasteiger partial charge in [-0.25, -0.2) is 8.78 Å². The highest BCUT2D eigenvalue weighted by Gasteiger charge is 2.50. The maximum Gasteiger partial charge on any atom is 0.238 e. The van der Waals surface area contributed by atoms with Crippen LogP contribution in [-0.4, -0.2) is 53.4 Å². The monoisotopic (exact) mass is 477 g/mol. The van der Waals surface area contributed by atoms with Gasteiger partial charge < -0.3 is 15.1 Å². The second-order valence-corrected chi connectivity index (χ2v) is 12.0. The standard InChI is InChI=1S/C29H45F2NO2/c1-19(17-32-14-12-21(18-32)6-11-28(30)31)25-9-10-26-22(5-4-13-29(25,26)3)7-8-23-15-24(33)16-27(34)20(23)2/h7-8,19,21,24-28,33-34H,2,4-6,9-18H2,1,3H3/b22-7+,23-8-/t19-,21+,24?,25-,26+,27?,29-/m1/s1. The lowest BCUT2D eigenvalue weighted by molar-refractivity contribution is 0.0810. The number of aliphatic hydroxyl groups is 2. The highest BCUT2D eigenvalue weighted by Crippen LogP contribution is 2.59. The summed E-state index contributed by atoms with van der Waals surface area (Å²) < 4.78 is 25.2. The lowest BCUT2D eigenvalue weighted by Crippen LogP contribution is -2.39. The predicted octanol–water partition coefficient (Wildman–Crippen LogP) is 6.13. The van der Waals surface area contributed by atoms with Gasteiger partial charge in [0.1, 0.15) is 0 Å². The molecule has 3 nitrogen and oxygen atoms in total. The molecule has 4 fully saturated rings. The van der Waals surface area contributed by atoms with Crippen LogP contribution in [0, 0.1) is 29.1 Å². The number of hydrogen-bond donors (Lipinski definition) is 2. The van der Waals surface area contributed by atoms with Crippen molar-refractivity contribution in [2.24, 2.45) is 29.1 Å². The lowest BCUT2D eigenvalue weighted by Gasteiger charge is -2.45. The number of aliphatic hydroxyl groups excluding tert-OH is 2. The van der Waals surface area contributed by atoms with E-state index in [2.05, 4.69) is 37.5 Å². The summed E-state index contributed by atoms with van der Waals surface area (Å²) in [6, 6.07) is 0. The second-order valence-electron chi connectivity index (χ2n) is 12.0. The molecule has 34 heavy (non-hydrogen) atoms. The predicted molar refractivity (Wildman–Crippen MR) is 134 cm³/mol. The van der Waals surface area contributed by atoms with Gasteiger partial charge in [0, 0.05) is 25.9 Å². The van der Waals surface area contributed by atoms with E-state index in [4.69, 9.17) is 0 Å². The van der Waals surface area contributed by atoms with Crippen molar-refractivity contribution in [2.45, 2.75) is 96.7 Å². The van der Waals surface area contributed by atoms with E-state index in [1.807, 2.05) is 0 Å². The molecule has 0 aromatic carbocycles. The van der Waals surface area contributed by atoms with Crippen LogP contribution in [0.2, 0.25) is 0 Å². The molecular weight excluding hydrogens is 432 g/mol. The summed E-state index contributed by atoms with van der Waals surface area (Å²) in [7, 11) is 0. The Labute approximate surface area is 205 Å². The topological polar surface area (TPSA) is 43.7 Å². The molecular formula is C29H45F2NO2. The summed E-state index contributed by atoms with van der Waals surface area (Å²) >= 11 is 0. The zero-order chi connectivity index (χ0) is 24.5. The van der Waals surface area contributed by atoms with Crippen LogP contribution in [0.1, 0.15) is 78.1 Å². The molecule has 2 unspecified atom stereocenters. The maximum absolute atomic E-state index is 12.6. The minimum atomic E-state index is -2.17. The van der Waals surface area contributed by atoms with Gasteiger partial charge in [-0.15, -0.1) is 0 Å². The van der Waals surface area contributed by atoms with E-state index in [9.17, 15) is 19.0 Å². The van der Waals surface area contributed by atoms with E-state index < -0.39 is 18.6 Å². The lowest BCUT2D eigenvalue weighted by atomic mass is 9.61. The molecule has 0 amide bonds. The average Bonchev–Trinajstić information content (AvgIpc) is 3.37. The van der Waals surface area contributed by atoms with Crippen LogP contribution in [0.3, 0.4) is 0 Å². The van der Waals surface area contributed by atoms with Gasteiger partial charge in [0.05, 0.1) is 12.2 Å². The molecule has 1 saturated heterocycles. The van der Waals surface area contributed by atoms with Crippen LogP contribution in [0.25, 0.3) is 0 Å².